The highest BCUT2D eigenvalue weighted by Gasteiger charge is 2.32. The van der Waals surface area contributed by atoms with Crippen LogP contribution >= 0.6 is 0 Å². The number of hydrogen-bond acceptors (Lipinski definition) is 2. The van der Waals surface area contributed by atoms with Crippen molar-refractivity contribution >= 4 is 11.8 Å². The van der Waals surface area contributed by atoms with Gasteiger partial charge in [0.15, 0.2) is 0 Å². The summed E-state index contributed by atoms with van der Waals surface area (Å²) in [6, 6.07) is 0. The molecule has 1 aliphatic carbocycles. The van der Waals surface area contributed by atoms with Gasteiger partial charge in [-0.25, -0.2) is 0 Å². The Balaban J connectivity index is 2.26. The predicted octanol–water partition coefficient (Wildman–Crippen LogP) is 2.64. The second-order valence-corrected chi connectivity index (χ2v) is 4.42. The van der Waals surface area contributed by atoms with Crippen molar-refractivity contribution in [3.63, 3.8) is 0 Å². The average molecular weight is 212 g/mol. The fourth-order valence-electron chi connectivity index (χ4n) is 2.45. The van der Waals surface area contributed by atoms with Gasteiger partial charge in [-0.15, -0.1) is 0 Å². The molecule has 86 valence electrons. The molecule has 1 fully saturated rings. The molecule has 1 aliphatic rings. The van der Waals surface area contributed by atoms with Gasteiger partial charge in [-0.1, -0.05) is 13.3 Å². The van der Waals surface area contributed by atoms with Gasteiger partial charge in [0.25, 0.3) is 0 Å². The molecule has 0 aromatic rings. The van der Waals surface area contributed by atoms with Crippen molar-refractivity contribution in [2.75, 3.05) is 0 Å². The Hall–Kier alpha value is -0.860. The lowest BCUT2D eigenvalue weighted by Crippen LogP contribution is -2.18. The molecule has 0 radical (unpaired) electrons. The zero-order valence-electron chi connectivity index (χ0n) is 9.37. The maximum atomic E-state index is 11.1. The zero-order valence-corrected chi connectivity index (χ0v) is 9.37. The van der Waals surface area contributed by atoms with Gasteiger partial charge in [-0.3, -0.25) is 9.59 Å². The summed E-state index contributed by atoms with van der Waals surface area (Å²) < 4.78 is 0. The number of ketones is 1. The molecule has 15 heavy (non-hydrogen) atoms. The first-order valence-corrected chi connectivity index (χ1v) is 5.89. The van der Waals surface area contributed by atoms with Crippen molar-refractivity contribution in [1.82, 2.24) is 0 Å². The first-order valence-electron chi connectivity index (χ1n) is 5.89. The van der Waals surface area contributed by atoms with Crippen LogP contribution in [-0.2, 0) is 9.59 Å². The molecule has 3 nitrogen and oxygen atoms in total. The van der Waals surface area contributed by atoms with E-state index < -0.39 is 5.97 Å². The Labute approximate surface area is 90.9 Å². The van der Waals surface area contributed by atoms with Gasteiger partial charge >= 0.3 is 5.97 Å². The van der Waals surface area contributed by atoms with E-state index in [2.05, 4.69) is 0 Å². The topological polar surface area (TPSA) is 54.4 Å². The molecule has 0 heterocycles. The zero-order chi connectivity index (χ0) is 11.3. The van der Waals surface area contributed by atoms with Gasteiger partial charge in [-0.05, 0) is 31.6 Å². The molecule has 0 aliphatic heterocycles. The maximum absolute atomic E-state index is 11.1. The Kier molecular flexibility index (Phi) is 4.79. The second kappa shape index (κ2) is 5.89. The van der Waals surface area contributed by atoms with Crippen LogP contribution in [0, 0.1) is 11.8 Å². The molecule has 1 saturated carbocycles. The van der Waals surface area contributed by atoms with E-state index >= 15 is 0 Å². The summed E-state index contributed by atoms with van der Waals surface area (Å²) >= 11 is 0. The van der Waals surface area contributed by atoms with E-state index in [4.69, 9.17) is 5.11 Å². The standard InChI is InChI=1S/C12H20O3/c1-2-10(13)7-3-5-9-6-4-8-11(9)12(14)15/h9,11H,2-8H2,1H3,(H,14,15). The molecule has 0 aromatic carbocycles. The second-order valence-electron chi connectivity index (χ2n) is 4.42. The third-order valence-electron chi connectivity index (χ3n) is 3.40. The van der Waals surface area contributed by atoms with Crippen LogP contribution in [0.25, 0.3) is 0 Å². The smallest absolute Gasteiger partial charge is 0.306 e. The van der Waals surface area contributed by atoms with Crippen molar-refractivity contribution in [3.05, 3.63) is 0 Å². The van der Waals surface area contributed by atoms with E-state index in [9.17, 15) is 9.59 Å². The highest BCUT2D eigenvalue weighted by molar-refractivity contribution is 5.77. The number of aliphatic carboxylic acids is 1. The minimum Gasteiger partial charge on any atom is -0.481 e. The van der Waals surface area contributed by atoms with Crippen molar-refractivity contribution in [2.45, 2.75) is 51.9 Å². The Morgan fingerprint density at radius 2 is 2.07 bits per heavy atom. The number of hydrogen-bond donors (Lipinski definition) is 1. The quantitative estimate of drug-likeness (QED) is 0.736. The maximum Gasteiger partial charge on any atom is 0.306 e. The summed E-state index contributed by atoms with van der Waals surface area (Å²) in [7, 11) is 0. The minimum atomic E-state index is -0.653. The van der Waals surface area contributed by atoms with Crippen LogP contribution in [0.15, 0.2) is 0 Å². The first-order chi connectivity index (χ1) is 7.15. The molecular weight excluding hydrogens is 192 g/mol. The van der Waals surface area contributed by atoms with Crippen molar-refractivity contribution in [1.29, 1.82) is 0 Å². The Bertz CT molecular complexity index is 235. The molecular formula is C12H20O3. The highest BCUT2D eigenvalue weighted by Crippen LogP contribution is 2.35. The minimum absolute atomic E-state index is 0.151. The van der Waals surface area contributed by atoms with Gasteiger partial charge in [0.05, 0.1) is 5.92 Å². The van der Waals surface area contributed by atoms with E-state index in [1.54, 1.807) is 0 Å². The summed E-state index contributed by atoms with van der Waals surface area (Å²) in [6.07, 6.45) is 5.87. The number of rotatable bonds is 6. The van der Waals surface area contributed by atoms with Crippen LogP contribution < -0.4 is 0 Å². The third-order valence-corrected chi connectivity index (χ3v) is 3.40. The van der Waals surface area contributed by atoms with Crippen LogP contribution in [0.3, 0.4) is 0 Å². The summed E-state index contributed by atoms with van der Waals surface area (Å²) in [4.78, 5) is 22.0. The predicted molar refractivity (Wildman–Crippen MR) is 57.6 cm³/mol. The molecule has 2 unspecified atom stereocenters. The van der Waals surface area contributed by atoms with Gasteiger partial charge < -0.3 is 5.11 Å². The van der Waals surface area contributed by atoms with E-state index in [1.165, 1.54) is 0 Å². The van der Waals surface area contributed by atoms with Crippen LogP contribution in [-0.4, -0.2) is 16.9 Å². The summed E-state index contributed by atoms with van der Waals surface area (Å²) in [6.45, 7) is 1.87. The first kappa shape index (κ1) is 12.2. The molecule has 2 atom stereocenters. The van der Waals surface area contributed by atoms with E-state index in [0.717, 1.165) is 32.1 Å². The number of carboxylic acids is 1. The molecule has 1 rings (SSSR count). The summed E-state index contributed by atoms with van der Waals surface area (Å²) in [5, 5.41) is 8.97. The molecule has 1 N–H and O–H groups in total. The van der Waals surface area contributed by atoms with E-state index in [-0.39, 0.29) is 5.92 Å². The Morgan fingerprint density at radius 1 is 1.33 bits per heavy atom. The molecule has 0 aromatic heterocycles. The number of carbonyl (C=O) groups excluding carboxylic acids is 1. The van der Waals surface area contributed by atoms with Crippen LogP contribution in [0.1, 0.15) is 51.9 Å². The SMILES string of the molecule is CCC(=O)CCCC1CCCC1C(=O)O. The summed E-state index contributed by atoms with van der Waals surface area (Å²) in [5.41, 5.74) is 0. The van der Waals surface area contributed by atoms with Crippen molar-refractivity contribution in [3.8, 4) is 0 Å². The van der Waals surface area contributed by atoms with Crippen LogP contribution in [0.5, 0.6) is 0 Å². The molecule has 0 amide bonds. The van der Waals surface area contributed by atoms with Crippen molar-refractivity contribution in [2.24, 2.45) is 11.8 Å². The highest BCUT2D eigenvalue weighted by atomic mass is 16.4. The van der Waals surface area contributed by atoms with Gasteiger partial charge in [-0.2, -0.15) is 0 Å². The number of carboxylic acid groups (broad SMARTS) is 1. The molecule has 0 spiro atoms. The largest absolute Gasteiger partial charge is 0.481 e. The third kappa shape index (κ3) is 3.65. The molecule has 3 heteroatoms. The van der Waals surface area contributed by atoms with E-state index in [0.29, 0.717) is 24.5 Å². The normalized spacial score (nSPS) is 25.4. The molecule has 0 saturated heterocycles. The van der Waals surface area contributed by atoms with E-state index in [1.807, 2.05) is 6.92 Å². The van der Waals surface area contributed by atoms with Gasteiger partial charge in [0.2, 0.25) is 0 Å². The fourth-order valence-corrected chi connectivity index (χ4v) is 2.45. The van der Waals surface area contributed by atoms with Crippen LogP contribution in [0.4, 0.5) is 0 Å². The lowest BCUT2D eigenvalue weighted by Gasteiger charge is -2.14. The number of carbonyl (C=O) groups is 2. The fraction of sp³-hybridized carbons (Fsp3) is 0.833. The Morgan fingerprint density at radius 3 is 2.67 bits per heavy atom. The lowest BCUT2D eigenvalue weighted by molar-refractivity contribution is -0.143. The van der Waals surface area contributed by atoms with Gasteiger partial charge in [0.1, 0.15) is 5.78 Å². The average Bonchev–Trinajstić information content (AvgIpc) is 2.65. The summed E-state index contributed by atoms with van der Waals surface area (Å²) in [5.74, 6) is -0.201. The molecule has 0 bridgehead atoms. The van der Waals surface area contributed by atoms with Crippen LogP contribution in [0.2, 0.25) is 0 Å². The monoisotopic (exact) mass is 212 g/mol. The number of Topliss-reactive ketones (excluding diaryl/α,β-unsaturated/α-hetero) is 1. The van der Waals surface area contributed by atoms with Crippen molar-refractivity contribution < 1.29 is 14.7 Å². The lowest BCUT2D eigenvalue weighted by atomic mass is 9.90. The van der Waals surface area contributed by atoms with Gasteiger partial charge in [0, 0.05) is 12.8 Å².